The number of rotatable bonds is 2. The third-order valence-corrected chi connectivity index (χ3v) is 3.59. The average molecular weight is 262 g/mol. The molecule has 0 aliphatic heterocycles. The van der Waals surface area contributed by atoms with Crippen LogP contribution in [0, 0.1) is 6.92 Å². The van der Waals surface area contributed by atoms with Crippen LogP contribution in [-0.4, -0.2) is 15.1 Å². The van der Waals surface area contributed by atoms with Crippen LogP contribution >= 0.6 is 11.8 Å². The molecule has 1 heterocycles. The molecule has 1 atom stereocenters. The maximum absolute atomic E-state index is 12.0. The molecule has 0 saturated heterocycles. The summed E-state index contributed by atoms with van der Waals surface area (Å²) >= 11 is 1.16. The van der Waals surface area contributed by atoms with E-state index in [0.29, 0.717) is 16.7 Å². The summed E-state index contributed by atoms with van der Waals surface area (Å²) in [6, 6.07) is 5.50. The minimum Gasteiger partial charge on any atom is -0.309 e. The molecule has 0 spiro atoms. The third kappa shape index (κ3) is 2.46. The van der Waals surface area contributed by atoms with Crippen molar-refractivity contribution in [2.45, 2.75) is 26.0 Å². The Morgan fingerprint density at radius 3 is 2.83 bits per heavy atom. The van der Waals surface area contributed by atoms with Gasteiger partial charge in [-0.25, -0.2) is 4.98 Å². The highest BCUT2D eigenvalue weighted by Gasteiger charge is 2.14. The summed E-state index contributed by atoms with van der Waals surface area (Å²) in [5.41, 5.74) is 1.50. The molecular weight excluding hydrogens is 248 g/mol. The van der Waals surface area contributed by atoms with Gasteiger partial charge in [0.1, 0.15) is 5.82 Å². The van der Waals surface area contributed by atoms with E-state index in [1.165, 1.54) is 6.92 Å². The van der Waals surface area contributed by atoms with Gasteiger partial charge in [0.05, 0.1) is 16.2 Å². The fraction of sp³-hybridized carbons (Fsp3) is 0.308. The molecule has 0 bridgehead atoms. The van der Waals surface area contributed by atoms with Crippen LogP contribution < -0.4 is 5.56 Å². The summed E-state index contributed by atoms with van der Waals surface area (Å²) in [6.45, 7) is 5.28. The van der Waals surface area contributed by atoms with E-state index >= 15 is 0 Å². The van der Waals surface area contributed by atoms with Gasteiger partial charge in [-0.1, -0.05) is 23.9 Å². The highest BCUT2D eigenvalue weighted by Crippen LogP contribution is 2.26. The van der Waals surface area contributed by atoms with Gasteiger partial charge in [0.15, 0.2) is 5.12 Å². The van der Waals surface area contributed by atoms with Gasteiger partial charge >= 0.3 is 0 Å². The Kier molecular flexibility index (Phi) is 3.52. The van der Waals surface area contributed by atoms with Crippen molar-refractivity contribution >= 4 is 27.8 Å². The Labute approximate surface area is 109 Å². The zero-order valence-corrected chi connectivity index (χ0v) is 11.3. The van der Waals surface area contributed by atoms with Crippen molar-refractivity contribution in [3.8, 4) is 0 Å². The second-order valence-corrected chi connectivity index (χ2v) is 5.69. The Hall–Kier alpha value is -1.62. The number of nitrogens with one attached hydrogen (secondary N) is 1. The van der Waals surface area contributed by atoms with Crippen molar-refractivity contribution in [2.24, 2.45) is 0 Å². The number of H-pyrrole nitrogens is 1. The number of carbonyl (C=O) groups is 1. The lowest BCUT2D eigenvalue weighted by atomic mass is 10.1. The van der Waals surface area contributed by atoms with E-state index in [1.807, 2.05) is 26.0 Å². The van der Waals surface area contributed by atoms with Gasteiger partial charge in [-0.2, -0.15) is 0 Å². The largest absolute Gasteiger partial charge is 0.309 e. The molecule has 1 aromatic carbocycles. The molecule has 2 rings (SSSR count). The summed E-state index contributed by atoms with van der Waals surface area (Å²) in [4.78, 5) is 30.2. The van der Waals surface area contributed by atoms with E-state index in [2.05, 4.69) is 9.97 Å². The molecule has 0 fully saturated rings. The summed E-state index contributed by atoms with van der Waals surface area (Å²) in [5.74, 6) is 0.544. The number of hydrogen-bond acceptors (Lipinski definition) is 4. The SMILES string of the molecule is CC(=O)SC(C)c1nc2c(C)cccc2c(=O)[nH]1. The number of fused-ring (bicyclic) bond motifs is 1. The van der Waals surface area contributed by atoms with Crippen LogP contribution in [0.4, 0.5) is 0 Å². The Morgan fingerprint density at radius 1 is 1.44 bits per heavy atom. The van der Waals surface area contributed by atoms with E-state index < -0.39 is 0 Å². The zero-order valence-electron chi connectivity index (χ0n) is 10.5. The van der Waals surface area contributed by atoms with E-state index in [-0.39, 0.29) is 15.9 Å². The smallest absolute Gasteiger partial charge is 0.258 e. The number of thioether (sulfide) groups is 1. The second kappa shape index (κ2) is 4.94. The lowest BCUT2D eigenvalue weighted by Gasteiger charge is -2.09. The van der Waals surface area contributed by atoms with E-state index in [1.54, 1.807) is 6.07 Å². The Bertz CT molecular complexity index is 664. The number of aromatic amines is 1. The molecule has 1 N–H and O–H groups in total. The summed E-state index contributed by atoms with van der Waals surface area (Å²) in [6.07, 6.45) is 0. The fourth-order valence-corrected chi connectivity index (χ4v) is 2.54. The lowest BCUT2D eigenvalue weighted by molar-refractivity contribution is -0.109. The molecule has 0 saturated carbocycles. The minimum absolute atomic E-state index is 0.00929. The number of carbonyl (C=O) groups excluding carboxylic acids is 1. The van der Waals surface area contributed by atoms with Crippen molar-refractivity contribution in [2.75, 3.05) is 0 Å². The van der Waals surface area contributed by atoms with Crippen molar-refractivity contribution in [1.82, 2.24) is 9.97 Å². The summed E-state index contributed by atoms with van der Waals surface area (Å²) in [7, 11) is 0. The standard InChI is InChI=1S/C13H14N2O2S/c1-7-5-4-6-10-11(7)14-12(15-13(10)17)8(2)18-9(3)16/h4-6,8H,1-3H3,(H,14,15,17). The van der Waals surface area contributed by atoms with Gasteiger partial charge in [0.25, 0.3) is 5.56 Å². The number of hydrogen-bond donors (Lipinski definition) is 1. The van der Waals surface area contributed by atoms with Gasteiger partial charge in [-0.05, 0) is 25.5 Å². The molecule has 0 aliphatic carbocycles. The number of nitrogens with zero attached hydrogens (tertiary/aromatic N) is 1. The molecule has 1 aromatic heterocycles. The number of aryl methyl sites for hydroxylation is 1. The quantitative estimate of drug-likeness (QED) is 0.903. The first kappa shape index (κ1) is 12.8. The summed E-state index contributed by atoms with van der Waals surface area (Å²) < 4.78 is 0. The first-order valence-corrected chi connectivity index (χ1v) is 6.53. The van der Waals surface area contributed by atoms with Gasteiger partial charge in [-0.3, -0.25) is 9.59 Å². The van der Waals surface area contributed by atoms with Gasteiger partial charge in [0.2, 0.25) is 0 Å². The zero-order chi connectivity index (χ0) is 13.3. The minimum atomic E-state index is -0.158. The van der Waals surface area contributed by atoms with E-state index in [9.17, 15) is 9.59 Å². The Morgan fingerprint density at radius 2 is 2.17 bits per heavy atom. The molecule has 1 unspecified atom stereocenters. The van der Waals surface area contributed by atoms with Gasteiger partial charge in [-0.15, -0.1) is 0 Å². The van der Waals surface area contributed by atoms with Crippen LogP contribution in [0.2, 0.25) is 0 Å². The molecule has 5 heteroatoms. The van der Waals surface area contributed by atoms with E-state index in [0.717, 1.165) is 17.3 Å². The molecule has 0 aliphatic rings. The molecule has 4 nitrogen and oxygen atoms in total. The topological polar surface area (TPSA) is 62.8 Å². The first-order chi connectivity index (χ1) is 8.49. The number of benzene rings is 1. The second-order valence-electron chi connectivity index (χ2n) is 4.17. The molecule has 94 valence electrons. The van der Waals surface area contributed by atoms with Crippen LogP contribution in [-0.2, 0) is 4.79 Å². The van der Waals surface area contributed by atoms with Crippen molar-refractivity contribution < 1.29 is 4.79 Å². The van der Waals surface area contributed by atoms with Gasteiger partial charge in [0, 0.05) is 6.92 Å². The normalized spacial score (nSPS) is 12.6. The highest BCUT2D eigenvalue weighted by molar-refractivity contribution is 8.13. The lowest BCUT2D eigenvalue weighted by Crippen LogP contribution is -2.13. The third-order valence-electron chi connectivity index (χ3n) is 2.68. The molecule has 18 heavy (non-hydrogen) atoms. The number of para-hydroxylation sites is 1. The van der Waals surface area contributed by atoms with Crippen molar-refractivity contribution in [3.63, 3.8) is 0 Å². The number of aromatic nitrogens is 2. The molecule has 0 amide bonds. The van der Waals surface area contributed by atoms with Gasteiger partial charge < -0.3 is 4.98 Å². The predicted octanol–water partition coefficient (Wildman–Crippen LogP) is 2.57. The monoisotopic (exact) mass is 262 g/mol. The fourth-order valence-electron chi connectivity index (χ4n) is 1.82. The molecule has 2 aromatic rings. The predicted molar refractivity (Wildman–Crippen MR) is 73.8 cm³/mol. The maximum atomic E-state index is 12.0. The Balaban J connectivity index is 2.58. The van der Waals surface area contributed by atoms with E-state index in [4.69, 9.17) is 0 Å². The van der Waals surface area contributed by atoms with Crippen molar-refractivity contribution in [1.29, 1.82) is 0 Å². The van der Waals surface area contributed by atoms with Crippen LogP contribution in [0.15, 0.2) is 23.0 Å². The molecule has 0 radical (unpaired) electrons. The summed E-state index contributed by atoms with van der Waals surface area (Å²) in [5, 5.41) is 0.438. The van der Waals surface area contributed by atoms with Crippen LogP contribution in [0.25, 0.3) is 10.9 Å². The first-order valence-electron chi connectivity index (χ1n) is 5.66. The maximum Gasteiger partial charge on any atom is 0.258 e. The average Bonchev–Trinajstić information content (AvgIpc) is 2.29. The molecular formula is C13H14N2O2S. The van der Waals surface area contributed by atoms with Crippen LogP contribution in [0.5, 0.6) is 0 Å². The van der Waals surface area contributed by atoms with Crippen LogP contribution in [0.1, 0.15) is 30.5 Å². The van der Waals surface area contributed by atoms with Crippen LogP contribution in [0.3, 0.4) is 0 Å². The van der Waals surface area contributed by atoms with Crippen molar-refractivity contribution in [3.05, 3.63) is 39.9 Å². The highest BCUT2D eigenvalue weighted by atomic mass is 32.2.